The van der Waals surface area contributed by atoms with E-state index < -0.39 is 5.23 Å². The Kier molecular flexibility index (Phi) is 4.77. The first-order valence-corrected chi connectivity index (χ1v) is 7.64. The van der Waals surface area contributed by atoms with E-state index in [1.54, 1.807) is 25.3 Å². The molecule has 7 heteroatoms. The van der Waals surface area contributed by atoms with E-state index in [1.165, 1.54) is 0 Å². The molecule has 7 nitrogen and oxygen atoms in total. The molecule has 1 unspecified atom stereocenters. The minimum absolute atomic E-state index is 0.0586. The van der Waals surface area contributed by atoms with Gasteiger partial charge in [0.05, 0.1) is 29.2 Å². The van der Waals surface area contributed by atoms with Crippen LogP contribution in [0.2, 0.25) is 0 Å². The van der Waals surface area contributed by atoms with E-state index in [-0.39, 0.29) is 12.3 Å². The number of hydrogen-bond donors (Lipinski definition) is 4. The highest BCUT2D eigenvalue weighted by Crippen LogP contribution is 2.35. The van der Waals surface area contributed by atoms with Gasteiger partial charge in [-0.1, -0.05) is 6.07 Å². The summed E-state index contributed by atoms with van der Waals surface area (Å²) in [5, 5.41) is 33.8. The highest BCUT2D eigenvalue weighted by molar-refractivity contribution is 6.11. The largest absolute Gasteiger partial charge is 0.595 e. The van der Waals surface area contributed by atoms with Crippen molar-refractivity contribution in [3.05, 3.63) is 41.6 Å². The van der Waals surface area contributed by atoms with Crippen molar-refractivity contribution in [3.8, 4) is 5.75 Å². The molecular formula is C17H19N3O4. The highest BCUT2D eigenvalue weighted by Gasteiger charge is 2.16. The Bertz CT molecular complexity index is 867. The number of hydrogen-bond acceptors (Lipinski definition) is 6. The third-order valence-electron chi connectivity index (χ3n) is 3.87. The molecule has 0 bridgehead atoms. The number of nitrogens with zero attached hydrogens (tertiary/aromatic N) is 1. The predicted octanol–water partition coefficient (Wildman–Crippen LogP) is 1.59. The number of fused-ring (bicyclic) bond motifs is 2. The lowest BCUT2D eigenvalue weighted by Gasteiger charge is -2.18. The minimum atomic E-state index is -1.00. The van der Waals surface area contributed by atoms with Crippen molar-refractivity contribution in [2.24, 2.45) is 0 Å². The summed E-state index contributed by atoms with van der Waals surface area (Å²) in [4.78, 5) is 4.58. The van der Waals surface area contributed by atoms with Gasteiger partial charge in [-0.2, -0.15) is 5.23 Å². The van der Waals surface area contributed by atoms with Crippen LogP contribution in [0.4, 0.5) is 11.4 Å². The maximum absolute atomic E-state index is 11.6. The minimum Gasteiger partial charge on any atom is -0.595 e. The summed E-state index contributed by atoms with van der Waals surface area (Å²) in [5.74, 6) is 0.668. The maximum Gasteiger partial charge on any atom is 0.175 e. The zero-order valence-electron chi connectivity index (χ0n) is 13.2. The molecule has 1 heterocycles. The zero-order chi connectivity index (χ0) is 17.1. The number of rotatable bonds is 6. The number of aromatic nitrogens is 1. The molecule has 0 saturated carbocycles. The summed E-state index contributed by atoms with van der Waals surface area (Å²) in [6, 6.07) is 10.5. The molecule has 0 fully saturated rings. The molecule has 4 N–H and O–H groups in total. The van der Waals surface area contributed by atoms with Crippen LogP contribution in [0.1, 0.15) is 6.42 Å². The lowest BCUT2D eigenvalue weighted by atomic mass is 10.1. The second-order valence-electron chi connectivity index (χ2n) is 5.38. The van der Waals surface area contributed by atoms with Gasteiger partial charge in [-0.25, -0.2) is 10.2 Å². The summed E-state index contributed by atoms with van der Waals surface area (Å²) >= 11 is 0. The molecule has 0 radical (unpaired) electrons. The van der Waals surface area contributed by atoms with E-state index >= 15 is 0 Å². The molecule has 0 amide bonds. The first-order valence-electron chi connectivity index (χ1n) is 7.64. The zero-order valence-corrected chi connectivity index (χ0v) is 13.2. The van der Waals surface area contributed by atoms with Crippen LogP contribution in [-0.4, -0.2) is 35.6 Å². The number of nitrogens with one attached hydrogen (secondary N) is 2. The molecule has 1 aromatic heterocycles. The van der Waals surface area contributed by atoms with Crippen LogP contribution < -0.4 is 15.3 Å². The Morgan fingerprint density at radius 3 is 2.79 bits per heavy atom. The third kappa shape index (κ3) is 2.98. The van der Waals surface area contributed by atoms with Crippen LogP contribution in [-0.2, 0) is 0 Å². The fraction of sp³-hybridized carbons (Fsp3) is 0.235. The lowest BCUT2D eigenvalue weighted by Crippen LogP contribution is -2.99. The van der Waals surface area contributed by atoms with Crippen molar-refractivity contribution < 1.29 is 20.3 Å². The number of anilines is 1. The Labute approximate surface area is 138 Å². The van der Waals surface area contributed by atoms with Gasteiger partial charge in [0.1, 0.15) is 5.75 Å². The average Bonchev–Trinajstić information content (AvgIpc) is 2.60. The van der Waals surface area contributed by atoms with Crippen molar-refractivity contribution in [2.75, 3.05) is 25.6 Å². The molecule has 1 atom stereocenters. The number of aliphatic hydroxyl groups excluding tert-OH is 1. The number of ether oxygens (including phenoxy) is 1. The predicted molar refractivity (Wildman–Crippen MR) is 91.8 cm³/mol. The molecule has 0 aliphatic carbocycles. The second kappa shape index (κ2) is 6.98. The van der Waals surface area contributed by atoms with Crippen LogP contribution in [0.25, 0.3) is 21.8 Å². The van der Waals surface area contributed by atoms with Gasteiger partial charge in [0, 0.05) is 24.6 Å². The average molecular weight is 329 g/mol. The fourth-order valence-corrected chi connectivity index (χ4v) is 2.75. The number of methoxy groups -OCH3 is 1. The van der Waals surface area contributed by atoms with Crippen molar-refractivity contribution in [1.29, 1.82) is 0 Å². The van der Waals surface area contributed by atoms with Crippen molar-refractivity contribution in [3.63, 3.8) is 0 Å². The standard InChI is InChI=1S/C17H19N3O4/c1-24-11-6-7-13-12(10-11)17(18-8-3-9-21)16-14(19-13)4-2-5-15(16)20(22)23/h2,4-7,10,20-22H,3,8-9H2,1H3,(H,18,19). The van der Waals surface area contributed by atoms with Crippen LogP contribution >= 0.6 is 0 Å². The molecule has 2 aromatic carbocycles. The Morgan fingerprint density at radius 1 is 1.25 bits per heavy atom. The van der Waals surface area contributed by atoms with E-state index in [9.17, 15) is 10.4 Å². The van der Waals surface area contributed by atoms with Crippen molar-refractivity contribution >= 4 is 33.2 Å². The summed E-state index contributed by atoms with van der Waals surface area (Å²) in [7, 11) is 1.58. The third-order valence-corrected chi connectivity index (χ3v) is 3.87. The second-order valence-corrected chi connectivity index (χ2v) is 5.38. The van der Waals surface area contributed by atoms with Gasteiger partial charge in [-0.15, -0.1) is 0 Å². The molecule has 0 spiro atoms. The van der Waals surface area contributed by atoms with E-state index in [0.29, 0.717) is 35.3 Å². The molecular weight excluding hydrogens is 310 g/mol. The lowest BCUT2D eigenvalue weighted by molar-refractivity contribution is -0.990. The first-order chi connectivity index (χ1) is 11.7. The first kappa shape index (κ1) is 16.4. The Hall–Kier alpha value is -2.45. The molecule has 126 valence electrons. The highest BCUT2D eigenvalue weighted by atomic mass is 16.8. The molecule has 3 aromatic rings. The van der Waals surface area contributed by atoms with E-state index in [4.69, 9.17) is 9.84 Å². The van der Waals surface area contributed by atoms with Gasteiger partial charge in [-0.3, -0.25) is 0 Å². The smallest absolute Gasteiger partial charge is 0.175 e. The number of pyridine rings is 1. The quantitative estimate of drug-likeness (QED) is 0.311. The van der Waals surface area contributed by atoms with Crippen molar-refractivity contribution in [1.82, 2.24) is 4.98 Å². The maximum atomic E-state index is 11.6. The molecule has 3 rings (SSSR count). The van der Waals surface area contributed by atoms with Crippen LogP contribution in [0.15, 0.2) is 36.4 Å². The summed E-state index contributed by atoms with van der Waals surface area (Å²) < 4.78 is 5.28. The number of aliphatic hydroxyl groups is 1. The monoisotopic (exact) mass is 329 g/mol. The van der Waals surface area contributed by atoms with E-state index in [0.717, 1.165) is 10.9 Å². The van der Waals surface area contributed by atoms with Crippen LogP contribution in [0, 0.1) is 5.21 Å². The van der Waals surface area contributed by atoms with Gasteiger partial charge in [0.15, 0.2) is 5.69 Å². The van der Waals surface area contributed by atoms with Gasteiger partial charge in [-0.05, 0) is 30.7 Å². The Morgan fingerprint density at radius 2 is 2.08 bits per heavy atom. The van der Waals surface area contributed by atoms with Gasteiger partial charge < -0.3 is 20.4 Å². The van der Waals surface area contributed by atoms with E-state index in [2.05, 4.69) is 10.3 Å². The normalized spacial score (nSPS) is 12.5. The van der Waals surface area contributed by atoms with Crippen LogP contribution in [0.3, 0.4) is 0 Å². The summed E-state index contributed by atoms with van der Waals surface area (Å²) in [6.07, 6.45) is 0.560. The Balaban J connectivity index is 2.32. The van der Waals surface area contributed by atoms with E-state index in [1.807, 2.05) is 18.2 Å². The summed E-state index contributed by atoms with van der Waals surface area (Å²) in [6.45, 7) is 0.582. The van der Waals surface area contributed by atoms with Crippen LogP contribution in [0.5, 0.6) is 5.75 Å². The molecule has 0 aliphatic rings. The van der Waals surface area contributed by atoms with Crippen molar-refractivity contribution in [2.45, 2.75) is 6.42 Å². The fourth-order valence-electron chi connectivity index (χ4n) is 2.75. The molecule has 24 heavy (non-hydrogen) atoms. The van der Waals surface area contributed by atoms with Gasteiger partial charge in [0.2, 0.25) is 0 Å². The SMILES string of the molecule is COc1ccc2nc3cccc([NH+]([O-])O)c3c(NCCCO)c2c1. The van der Waals surface area contributed by atoms with Gasteiger partial charge in [0.25, 0.3) is 0 Å². The molecule has 0 saturated heterocycles. The van der Waals surface area contributed by atoms with Gasteiger partial charge >= 0.3 is 0 Å². The number of benzene rings is 2. The molecule has 0 aliphatic heterocycles. The number of quaternary nitrogens is 1. The summed E-state index contributed by atoms with van der Waals surface area (Å²) in [5.41, 5.74) is 2.24. The topological polar surface area (TPSA) is 102 Å².